The lowest BCUT2D eigenvalue weighted by atomic mass is 9.88. The lowest BCUT2D eigenvalue weighted by molar-refractivity contribution is 0.0957. The fourth-order valence-corrected chi connectivity index (χ4v) is 2.27. The SMILES string of the molecule is C=C1C=CC(CNC(=O)c2ccc(CC(C)(C)C)cc2)=CN1. The van der Waals surface area contributed by atoms with Gasteiger partial charge in [-0.2, -0.15) is 0 Å². The molecule has 2 rings (SSSR count). The molecule has 1 aromatic carbocycles. The van der Waals surface area contributed by atoms with Crippen molar-refractivity contribution in [3.63, 3.8) is 0 Å². The van der Waals surface area contributed by atoms with E-state index in [2.05, 4.69) is 38.0 Å². The van der Waals surface area contributed by atoms with Crippen molar-refractivity contribution in [2.24, 2.45) is 5.41 Å². The van der Waals surface area contributed by atoms with E-state index < -0.39 is 0 Å². The first-order valence-electron chi connectivity index (χ1n) is 7.53. The molecule has 0 spiro atoms. The first-order valence-corrected chi connectivity index (χ1v) is 7.53. The van der Waals surface area contributed by atoms with Crippen molar-refractivity contribution < 1.29 is 4.79 Å². The number of rotatable bonds is 4. The van der Waals surface area contributed by atoms with Crippen LogP contribution in [0.15, 0.2) is 60.5 Å². The van der Waals surface area contributed by atoms with Gasteiger partial charge in [0.1, 0.15) is 0 Å². The maximum absolute atomic E-state index is 12.1. The normalized spacial score (nSPS) is 14.3. The van der Waals surface area contributed by atoms with Crippen LogP contribution >= 0.6 is 0 Å². The van der Waals surface area contributed by atoms with Crippen LogP contribution in [0.1, 0.15) is 36.7 Å². The molecule has 0 aliphatic carbocycles. The first-order chi connectivity index (χ1) is 10.3. The second-order valence-electron chi connectivity index (χ2n) is 6.84. The minimum atomic E-state index is -0.0546. The molecule has 3 heteroatoms. The van der Waals surface area contributed by atoms with E-state index >= 15 is 0 Å². The van der Waals surface area contributed by atoms with Crippen molar-refractivity contribution in [1.82, 2.24) is 10.6 Å². The lowest BCUT2D eigenvalue weighted by Gasteiger charge is -2.18. The Labute approximate surface area is 132 Å². The van der Waals surface area contributed by atoms with Crippen LogP contribution in [0.25, 0.3) is 0 Å². The molecule has 0 aromatic heterocycles. The van der Waals surface area contributed by atoms with Crippen LogP contribution in [0, 0.1) is 5.41 Å². The van der Waals surface area contributed by atoms with Gasteiger partial charge in [0.25, 0.3) is 5.91 Å². The fraction of sp³-hybridized carbons (Fsp3) is 0.316. The molecule has 1 amide bonds. The maximum Gasteiger partial charge on any atom is 0.251 e. The van der Waals surface area contributed by atoms with Crippen LogP contribution in [0.2, 0.25) is 0 Å². The van der Waals surface area contributed by atoms with Crippen molar-refractivity contribution in [1.29, 1.82) is 0 Å². The zero-order valence-electron chi connectivity index (χ0n) is 13.6. The van der Waals surface area contributed by atoms with Crippen LogP contribution in [-0.4, -0.2) is 12.5 Å². The van der Waals surface area contributed by atoms with Gasteiger partial charge in [-0.3, -0.25) is 4.79 Å². The van der Waals surface area contributed by atoms with Gasteiger partial charge in [0, 0.05) is 24.0 Å². The number of amides is 1. The molecule has 1 aromatic rings. The molecule has 0 saturated carbocycles. The van der Waals surface area contributed by atoms with E-state index in [0.29, 0.717) is 12.1 Å². The highest BCUT2D eigenvalue weighted by Crippen LogP contribution is 2.20. The third-order valence-electron chi connectivity index (χ3n) is 3.35. The summed E-state index contributed by atoms with van der Waals surface area (Å²) in [5.41, 5.74) is 4.07. The third kappa shape index (κ3) is 4.92. The molecule has 0 fully saturated rings. The van der Waals surface area contributed by atoms with Crippen molar-refractivity contribution in [2.75, 3.05) is 6.54 Å². The smallest absolute Gasteiger partial charge is 0.251 e. The van der Waals surface area contributed by atoms with E-state index in [4.69, 9.17) is 0 Å². The summed E-state index contributed by atoms with van der Waals surface area (Å²) in [5.74, 6) is -0.0546. The first kappa shape index (κ1) is 16.1. The van der Waals surface area contributed by atoms with Gasteiger partial charge in [0.2, 0.25) is 0 Å². The van der Waals surface area contributed by atoms with Crippen molar-refractivity contribution in [3.8, 4) is 0 Å². The van der Waals surface area contributed by atoms with Gasteiger partial charge in [0.15, 0.2) is 0 Å². The second-order valence-corrected chi connectivity index (χ2v) is 6.84. The molecule has 0 radical (unpaired) electrons. The molecule has 116 valence electrons. The van der Waals surface area contributed by atoms with E-state index in [1.54, 1.807) is 0 Å². The fourth-order valence-electron chi connectivity index (χ4n) is 2.27. The monoisotopic (exact) mass is 296 g/mol. The summed E-state index contributed by atoms with van der Waals surface area (Å²) < 4.78 is 0. The molecule has 3 nitrogen and oxygen atoms in total. The van der Waals surface area contributed by atoms with Gasteiger partial charge in [-0.1, -0.05) is 45.6 Å². The van der Waals surface area contributed by atoms with Gasteiger partial charge in [-0.05, 0) is 41.2 Å². The summed E-state index contributed by atoms with van der Waals surface area (Å²) in [6.07, 6.45) is 6.70. The Bertz CT molecular complexity index is 616. The topological polar surface area (TPSA) is 41.1 Å². The van der Waals surface area contributed by atoms with Gasteiger partial charge >= 0.3 is 0 Å². The zero-order valence-corrected chi connectivity index (χ0v) is 13.6. The predicted molar refractivity (Wildman–Crippen MR) is 91.4 cm³/mol. The predicted octanol–water partition coefficient (Wildman–Crippen LogP) is 3.56. The average Bonchev–Trinajstić information content (AvgIpc) is 2.45. The Kier molecular flexibility index (Phi) is 4.86. The number of carbonyl (C=O) groups is 1. The van der Waals surface area contributed by atoms with Crippen LogP contribution in [-0.2, 0) is 6.42 Å². The van der Waals surface area contributed by atoms with E-state index in [-0.39, 0.29) is 11.3 Å². The number of dihydropyridines is 1. The molecule has 0 unspecified atom stereocenters. The van der Waals surface area contributed by atoms with Crippen molar-refractivity contribution >= 4 is 5.91 Å². The Morgan fingerprint density at radius 3 is 2.41 bits per heavy atom. The summed E-state index contributed by atoms with van der Waals surface area (Å²) in [7, 11) is 0. The number of hydrogen-bond acceptors (Lipinski definition) is 2. The minimum Gasteiger partial charge on any atom is -0.362 e. The molecule has 0 bridgehead atoms. The van der Waals surface area contributed by atoms with Gasteiger partial charge in [-0.25, -0.2) is 0 Å². The largest absolute Gasteiger partial charge is 0.362 e. The minimum absolute atomic E-state index is 0.0546. The van der Waals surface area contributed by atoms with Crippen molar-refractivity contribution in [2.45, 2.75) is 27.2 Å². The van der Waals surface area contributed by atoms with Crippen LogP contribution in [0.4, 0.5) is 0 Å². The summed E-state index contributed by atoms with van der Waals surface area (Å²) in [6.45, 7) is 10.9. The van der Waals surface area contributed by atoms with Crippen LogP contribution in [0.3, 0.4) is 0 Å². The van der Waals surface area contributed by atoms with Crippen LogP contribution in [0.5, 0.6) is 0 Å². The highest BCUT2D eigenvalue weighted by Gasteiger charge is 2.12. The van der Waals surface area contributed by atoms with Crippen molar-refractivity contribution in [3.05, 3.63) is 71.6 Å². The molecule has 1 heterocycles. The third-order valence-corrected chi connectivity index (χ3v) is 3.35. The van der Waals surface area contributed by atoms with E-state index in [9.17, 15) is 4.79 Å². The standard InChI is InChI=1S/C19H24N2O/c1-14-5-6-16(12-20-14)13-21-18(22)17-9-7-15(8-10-17)11-19(2,3)4/h5-10,12,20H,1,11,13H2,2-4H3,(H,21,22). The quantitative estimate of drug-likeness (QED) is 0.892. The molecule has 22 heavy (non-hydrogen) atoms. The summed E-state index contributed by atoms with van der Waals surface area (Å²) >= 11 is 0. The Morgan fingerprint density at radius 2 is 1.86 bits per heavy atom. The second kappa shape index (κ2) is 6.65. The van der Waals surface area contributed by atoms with Gasteiger partial charge in [0.05, 0.1) is 0 Å². The molecule has 0 atom stereocenters. The average molecular weight is 296 g/mol. The number of carbonyl (C=O) groups excluding carboxylic acids is 1. The highest BCUT2D eigenvalue weighted by molar-refractivity contribution is 5.94. The Hall–Kier alpha value is -2.29. The Balaban J connectivity index is 1.90. The van der Waals surface area contributed by atoms with Crippen LogP contribution < -0.4 is 10.6 Å². The zero-order chi connectivity index (χ0) is 16.2. The lowest BCUT2D eigenvalue weighted by Crippen LogP contribution is -2.26. The Morgan fingerprint density at radius 1 is 1.18 bits per heavy atom. The van der Waals surface area contributed by atoms with Gasteiger partial charge in [-0.15, -0.1) is 0 Å². The summed E-state index contributed by atoms with van der Waals surface area (Å²) in [6, 6.07) is 7.85. The van der Waals surface area contributed by atoms with E-state index in [1.807, 2.05) is 42.6 Å². The molecular weight excluding hydrogens is 272 g/mol. The van der Waals surface area contributed by atoms with Gasteiger partial charge < -0.3 is 10.6 Å². The molecule has 1 aliphatic heterocycles. The van der Waals surface area contributed by atoms with E-state index in [0.717, 1.165) is 17.7 Å². The van der Waals surface area contributed by atoms with E-state index in [1.165, 1.54) is 5.56 Å². The summed E-state index contributed by atoms with van der Waals surface area (Å²) in [5, 5.41) is 5.95. The molecular formula is C19H24N2O. The summed E-state index contributed by atoms with van der Waals surface area (Å²) in [4.78, 5) is 12.1. The molecule has 1 aliphatic rings. The number of allylic oxidation sites excluding steroid dienone is 1. The molecule has 2 N–H and O–H groups in total. The molecule has 0 saturated heterocycles. The number of hydrogen-bond donors (Lipinski definition) is 2. The number of nitrogens with one attached hydrogen (secondary N) is 2. The number of benzene rings is 1. The maximum atomic E-state index is 12.1. The highest BCUT2D eigenvalue weighted by atomic mass is 16.1.